The molecule has 1 saturated carbocycles. The third-order valence-electron chi connectivity index (χ3n) is 6.09. The molecule has 5 heteroatoms. The van der Waals surface area contributed by atoms with Crippen LogP contribution in [0, 0.1) is 11.8 Å². The molecule has 0 amide bonds. The molecule has 0 aliphatic heterocycles. The molecule has 0 bridgehead atoms. The van der Waals surface area contributed by atoms with Crippen LogP contribution in [0.2, 0.25) is 11.3 Å². The smallest absolute Gasteiger partial charge is 0.427 e. The van der Waals surface area contributed by atoms with Crippen molar-refractivity contribution >= 4 is 18.7 Å². The van der Waals surface area contributed by atoms with Crippen LogP contribution < -0.4 is 5.73 Å². The van der Waals surface area contributed by atoms with E-state index in [0.29, 0.717) is 18.2 Å². The molecule has 0 saturated heterocycles. The fourth-order valence-corrected chi connectivity index (χ4v) is 4.63. The van der Waals surface area contributed by atoms with Crippen molar-refractivity contribution in [1.82, 2.24) is 0 Å². The standard InChI is InChI=1S/C23H31BClNO2/c25-22-12-10-20(11-13-22)19-8-6-17(7-9-19)3-1-4-18-15-21(23(26)16-18)5-2-14-24(27)28/h6-13,18,21,23,27-28H,1-5,14-16,26H2/t18?,21-,23-/m0/s1. The van der Waals surface area contributed by atoms with E-state index in [0.717, 1.165) is 30.7 Å². The maximum Gasteiger partial charge on any atom is 0.451 e. The Morgan fingerprint density at radius 3 is 2.18 bits per heavy atom. The van der Waals surface area contributed by atoms with Crippen LogP contribution in [0.15, 0.2) is 48.5 Å². The predicted octanol–water partition coefficient (Wildman–Crippen LogP) is 4.94. The lowest BCUT2D eigenvalue weighted by Gasteiger charge is -2.14. The average molecular weight is 400 g/mol. The van der Waals surface area contributed by atoms with E-state index in [4.69, 9.17) is 27.4 Å². The highest BCUT2D eigenvalue weighted by Crippen LogP contribution is 2.36. The van der Waals surface area contributed by atoms with Gasteiger partial charge in [-0.2, -0.15) is 0 Å². The van der Waals surface area contributed by atoms with Gasteiger partial charge in [0.1, 0.15) is 0 Å². The Hall–Kier alpha value is -1.33. The van der Waals surface area contributed by atoms with E-state index in [9.17, 15) is 0 Å². The molecule has 28 heavy (non-hydrogen) atoms. The summed E-state index contributed by atoms with van der Waals surface area (Å²) in [5, 5.41) is 18.7. The van der Waals surface area contributed by atoms with Gasteiger partial charge >= 0.3 is 7.12 Å². The topological polar surface area (TPSA) is 66.5 Å². The van der Waals surface area contributed by atoms with Gasteiger partial charge in [-0.05, 0) is 79.1 Å². The number of rotatable bonds is 9. The summed E-state index contributed by atoms with van der Waals surface area (Å²) in [7, 11) is -1.18. The molecule has 2 aromatic rings. The summed E-state index contributed by atoms with van der Waals surface area (Å²) in [6, 6.07) is 17.1. The maximum atomic E-state index is 8.98. The van der Waals surface area contributed by atoms with E-state index in [2.05, 4.69) is 36.4 Å². The first-order valence-electron chi connectivity index (χ1n) is 10.5. The fraction of sp³-hybridized carbons (Fsp3) is 0.478. The molecule has 0 radical (unpaired) electrons. The third-order valence-corrected chi connectivity index (χ3v) is 6.35. The number of hydrogen-bond acceptors (Lipinski definition) is 3. The lowest BCUT2D eigenvalue weighted by Crippen LogP contribution is -2.24. The van der Waals surface area contributed by atoms with Crippen LogP contribution in [0.4, 0.5) is 0 Å². The van der Waals surface area contributed by atoms with Gasteiger partial charge < -0.3 is 15.8 Å². The third kappa shape index (κ3) is 6.35. The summed E-state index contributed by atoms with van der Waals surface area (Å²) >= 11 is 5.96. The summed E-state index contributed by atoms with van der Waals surface area (Å²) in [6.07, 6.45) is 8.16. The first kappa shape index (κ1) is 21.4. The minimum atomic E-state index is -1.18. The molecule has 1 unspecified atom stereocenters. The second kappa shape index (κ2) is 10.5. The first-order chi connectivity index (χ1) is 13.5. The summed E-state index contributed by atoms with van der Waals surface area (Å²) in [6.45, 7) is 0. The van der Waals surface area contributed by atoms with Crippen LogP contribution in [0.3, 0.4) is 0 Å². The molecule has 2 aromatic carbocycles. The van der Waals surface area contributed by atoms with Gasteiger partial charge in [-0.3, -0.25) is 0 Å². The van der Waals surface area contributed by atoms with Crippen molar-refractivity contribution in [2.75, 3.05) is 0 Å². The van der Waals surface area contributed by atoms with Gasteiger partial charge in [0.25, 0.3) is 0 Å². The van der Waals surface area contributed by atoms with Crippen LogP contribution in [-0.2, 0) is 6.42 Å². The molecule has 1 aliphatic rings. The van der Waals surface area contributed by atoms with Crippen molar-refractivity contribution in [2.45, 2.75) is 57.3 Å². The van der Waals surface area contributed by atoms with Crippen LogP contribution in [0.1, 0.15) is 44.1 Å². The molecular formula is C23H31BClNO2. The fourth-order valence-electron chi connectivity index (χ4n) is 4.51. The minimum Gasteiger partial charge on any atom is -0.427 e. The summed E-state index contributed by atoms with van der Waals surface area (Å²) < 4.78 is 0. The molecule has 150 valence electrons. The molecule has 1 fully saturated rings. The van der Waals surface area contributed by atoms with E-state index in [-0.39, 0.29) is 6.04 Å². The van der Waals surface area contributed by atoms with Crippen LogP contribution in [-0.4, -0.2) is 23.2 Å². The zero-order valence-electron chi connectivity index (χ0n) is 16.4. The highest BCUT2D eigenvalue weighted by atomic mass is 35.5. The van der Waals surface area contributed by atoms with E-state index >= 15 is 0 Å². The second-order valence-electron chi connectivity index (χ2n) is 8.27. The summed E-state index contributed by atoms with van der Waals surface area (Å²) in [5.74, 6) is 1.26. The van der Waals surface area contributed by atoms with Crippen molar-refractivity contribution in [3.05, 3.63) is 59.1 Å². The molecule has 1 aliphatic carbocycles. The quantitative estimate of drug-likeness (QED) is 0.523. The normalized spacial score (nSPS) is 21.8. The first-order valence-corrected chi connectivity index (χ1v) is 10.9. The lowest BCUT2D eigenvalue weighted by molar-refractivity contribution is 0.385. The molecule has 3 rings (SSSR count). The van der Waals surface area contributed by atoms with Crippen molar-refractivity contribution in [3.8, 4) is 11.1 Å². The van der Waals surface area contributed by atoms with Gasteiger partial charge in [0.15, 0.2) is 0 Å². The number of aryl methyl sites for hydroxylation is 1. The zero-order valence-corrected chi connectivity index (χ0v) is 17.2. The van der Waals surface area contributed by atoms with Gasteiger partial charge in [-0.25, -0.2) is 0 Å². The van der Waals surface area contributed by atoms with Crippen molar-refractivity contribution < 1.29 is 10.0 Å². The van der Waals surface area contributed by atoms with Gasteiger partial charge in [0.2, 0.25) is 0 Å². The molecule has 3 atom stereocenters. The Kier molecular flexibility index (Phi) is 7.98. The van der Waals surface area contributed by atoms with Crippen LogP contribution >= 0.6 is 11.6 Å². The molecule has 0 aromatic heterocycles. The molecule has 0 spiro atoms. The Bertz CT molecular complexity index is 720. The highest BCUT2D eigenvalue weighted by Gasteiger charge is 2.31. The van der Waals surface area contributed by atoms with Crippen LogP contribution in [0.25, 0.3) is 11.1 Å². The molecule has 3 nitrogen and oxygen atoms in total. The van der Waals surface area contributed by atoms with E-state index in [1.807, 2.05) is 12.1 Å². The van der Waals surface area contributed by atoms with Gasteiger partial charge in [0.05, 0.1) is 0 Å². The molecule has 0 heterocycles. The largest absolute Gasteiger partial charge is 0.451 e. The van der Waals surface area contributed by atoms with Crippen molar-refractivity contribution in [1.29, 1.82) is 0 Å². The van der Waals surface area contributed by atoms with Crippen LogP contribution in [0.5, 0.6) is 0 Å². The molecule has 4 N–H and O–H groups in total. The number of halogens is 1. The maximum absolute atomic E-state index is 8.98. The SMILES string of the molecule is N[C@H]1CC(CCCc2ccc(-c3ccc(Cl)cc3)cc2)C[C@@H]1CCCB(O)O. The van der Waals surface area contributed by atoms with E-state index < -0.39 is 7.12 Å². The number of nitrogens with two attached hydrogens (primary N) is 1. The van der Waals surface area contributed by atoms with E-state index in [1.54, 1.807) is 0 Å². The Morgan fingerprint density at radius 2 is 1.54 bits per heavy atom. The van der Waals surface area contributed by atoms with Gasteiger partial charge in [0, 0.05) is 11.1 Å². The summed E-state index contributed by atoms with van der Waals surface area (Å²) in [5.41, 5.74) is 10.1. The number of hydrogen-bond donors (Lipinski definition) is 3. The second-order valence-corrected chi connectivity index (χ2v) is 8.71. The van der Waals surface area contributed by atoms with Gasteiger partial charge in [-0.15, -0.1) is 0 Å². The van der Waals surface area contributed by atoms with Crippen molar-refractivity contribution in [3.63, 3.8) is 0 Å². The predicted molar refractivity (Wildman–Crippen MR) is 118 cm³/mol. The Morgan fingerprint density at radius 1 is 0.893 bits per heavy atom. The highest BCUT2D eigenvalue weighted by molar-refractivity contribution is 6.40. The lowest BCUT2D eigenvalue weighted by atomic mass is 9.81. The Labute approximate surface area is 174 Å². The average Bonchev–Trinajstić information content (AvgIpc) is 3.02. The monoisotopic (exact) mass is 399 g/mol. The number of benzene rings is 2. The van der Waals surface area contributed by atoms with Gasteiger partial charge in [-0.1, -0.05) is 60.8 Å². The Balaban J connectivity index is 1.41. The molecular weight excluding hydrogens is 369 g/mol. The summed E-state index contributed by atoms with van der Waals surface area (Å²) in [4.78, 5) is 0. The van der Waals surface area contributed by atoms with E-state index in [1.165, 1.54) is 36.0 Å². The van der Waals surface area contributed by atoms with Crippen molar-refractivity contribution in [2.24, 2.45) is 17.6 Å². The minimum absolute atomic E-state index is 0.277. The zero-order chi connectivity index (χ0) is 19.9.